The van der Waals surface area contributed by atoms with Crippen molar-refractivity contribution < 1.29 is 17.9 Å². The maximum atomic E-state index is 11.6. The first kappa shape index (κ1) is 9.80. The Morgan fingerprint density at radius 2 is 1.75 bits per heavy atom. The molecule has 0 aromatic carbocycles. The molecule has 1 aliphatic heterocycles. The summed E-state index contributed by atoms with van der Waals surface area (Å²) in [4.78, 5) is 1.88. The number of rotatable bonds is 3. The Labute approximate surface area is 69.3 Å². The molecule has 1 rings (SSSR count). The second-order valence-corrected chi connectivity index (χ2v) is 2.92. The predicted octanol–water partition coefficient (Wildman–Crippen LogP) is 1.62. The molecule has 0 bridgehead atoms. The predicted molar refractivity (Wildman–Crippen MR) is 37.7 cm³/mol. The van der Waals surface area contributed by atoms with Gasteiger partial charge in [0.05, 0.1) is 6.73 Å². The molecular weight excluding hydrogens is 171 g/mol. The van der Waals surface area contributed by atoms with Crippen LogP contribution in [0.5, 0.6) is 0 Å². The summed E-state index contributed by atoms with van der Waals surface area (Å²) in [5.41, 5.74) is 0. The Morgan fingerprint density at radius 3 is 2.25 bits per heavy atom. The summed E-state index contributed by atoms with van der Waals surface area (Å²) in [6.07, 6.45) is -2.07. The summed E-state index contributed by atoms with van der Waals surface area (Å²) in [5.74, 6) is 0. The number of hydrogen-bond donors (Lipinski definition) is 0. The molecule has 0 saturated carbocycles. The molecule has 0 atom stereocenters. The first-order valence-corrected chi connectivity index (χ1v) is 3.95. The fourth-order valence-electron chi connectivity index (χ4n) is 1.20. The van der Waals surface area contributed by atoms with Gasteiger partial charge in [0.15, 0.2) is 0 Å². The number of nitrogens with zero attached hydrogens (tertiary/aromatic N) is 1. The Balaban J connectivity index is 2.02. The van der Waals surface area contributed by atoms with E-state index in [1.807, 2.05) is 4.90 Å². The molecule has 0 aromatic heterocycles. The van der Waals surface area contributed by atoms with Crippen LogP contribution >= 0.6 is 0 Å². The lowest BCUT2D eigenvalue weighted by atomic mass is 10.4. The zero-order valence-corrected chi connectivity index (χ0v) is 6.73. The van der Waals surface area contributed by atoms with Crippen molar-refractivity contribution in [2.24, 2.45) is 0 Å². The molecule has 1 aliphatic rings. The summed E-state index contributed by atoms with van der Waals surface area (Å²) < 4.78 is 39.2. The number of ether oxygens (including phenoxy) is 1. The Hall–Kier alpha value is -0.290. The first-order valence-electron chi connectivity index (χ1n) is 3.95. The Morgan fingerprint density at radius 1 is 1.17 bits per heavy atom. The van der Waals surface area contributed by atoms with Crippen LogP contribution in [0.3, 0.4) is 0 Å². The van der Waals surface area contributed by atoms with Gasteiger partial charge in [-0.05, 0) is 12.8 Å². The molecule has 5 heteroatoms. The van der Waals surface area contributed by atoms with Crippen molar-refractivity contribution in [3.63, 3.8) is 0 Å². The van der Waals surface area contributed by atoms with E-state index in [9.17, 15) is 13.2 Å². The monoisotopic (exact) mass is 183 g/mol. The van der Waals surface area contributed by atoms with E-state index in [2.05, 4.69) is 4.74 Å². The van der Waals surface area contributed by atoms with Crippen molar-refractivity contribution >= 4 is 0 Å². The van der Waals surface area contributed by atoms with E-state index in [0.717, 1.165) is 25.9 Å². The highest BCUT2D eigenvalue weighted by atomic mass is 19.4. The van der Waals surface area contributed by atoms with Gasteiger partial charge in [-0.3, -0.25) is 4.90 Å². The quantitative estimate of drug-likeness (QED) is 0.659. The average molecular weight is 183 g/mol. The van der Waals surface area contributed by atoms with E-state index in [1.54, 1.807) is 0 Å². The van der Waals surface area contributed by atoms with E-state index < -0.39 is 12.8 Å². The summed E-state index contributed by atoms with van der Waals surface area (Å²) in [6, 6.07) is 0. The van der Waals surface area contributed by atoms with Crippen LogP contribution < -0.4 is 0 Å². The maximum Gasteiger partial charge on any atom is 0.411 e. The van der Waals surface area contributed by atoms with Crippen LogP contribution in [0.4, 0.5) is 13.2 Å². The van der Waals surface area contributed by atoms with Gasteiger partial charge in [-0.25, -0.2) is 0 Å². The molecular formula is C7H12F3NO. The van der Waals surface area contributed by atoms with Crippen molar-refractivity contribution in [2.75, 3.05) is 26.4 Å². The van der Waals surface area contributed by atoms with Gasteiger partial charge in [-0.2, -0.15) is 13.2 Å². The largest absolute Gasteiger partial charge is 0.411 e. The fourth-order valence-corrected chi connectivity index (χ4v) is 1.20. The van der Waals surface area contributed by atoms with Crippen LogP contribution in [0.15, 0.2) is 0 Å². The van der Waals surface area contributed by atoms with Crippen molar-refractivity contribution in [2.45, 2.75) is 19.0 Å². The van der Waals surface area contributed by atoms with Crippen LogP contribution in [-0.4, -0.2) is 37.5 Å². The van der Waals surface area contributed by atoms with Gasteiger partial charge >= 0.3 is 6.18 Å². The third-order valence-electron chi connectivity index (χ3n) is 1.74. The van der Waals surface area contributed by atoms with Crippen molar-refractivity contribution in [3.05, 3.63) is 0 Å². The van der Waals surface area contributed by atoms with E-state index in [4.69, 9.17) is 0 Å². The molecule has 12 heavy (non-hydrogen) atoms. The smallest absolute Gasteiger partial charge is 0.357 e. The minimum absolute atomic E-state index is 0.111. The fraction of sp³-hybridized carbons (Fsp3) is 1.00. The maximum absolute atomic E-state index is 11.6. The standard InChI is InChI=1S/C7H12F3NO/c8-7(9,10)5-12-6-11-3-1-2-4-11/h1-6H2. The van der Waals surface area contributed by atoms with Crippen LogP contribution in [0.1, 0.15) is 12.8 Å². The number of likely N-dealkylation sites (tertiary alicyclic amines) is 1. The summed E-state index contributed by atoms with van der Waals surface area (Å²) in [7, 11) is 0. The molecule has 0 N–H and O–H groups in total. The SMILES string of the molecule is FC(F)(F)COCN1CCCC1. The minimum Gasteiger partial charge on any atom is -0.357 e. The van der Waals surface area contributed by atoms with Gasteiger partial charge in [0, 0.05) is 13.1 Å². The van der Waals surface area contributed by atoms with Crippen molar-refractivity contribution in [1.82, 2.24) is 4.90 Å². The van der Waals surface area contributed by atoms with Crippen LogP contribution in [0, 0.1) is 0 Å². The lowest BCUT2D eigenvalue weighted by Crippen LogP contribution is -2.26. The highest BCUT2D eigenvalue weighted by Crippen LogP contribution is 2.15. The van der Waals surface area contributed by atoms with E-state index in [0.29, 0.717) is 0 Å². The molecule has 0 radical (unpaired) electrons. The van der Waals surface area contributed by atoms with E-state index >= 15 is 0 Å². The third kappa shape index (κ3) is 3.92. The van der Waals surface area contributed by atoms with Gasteiger partial charge in [0.25, 0.3) is 0 Å². The van der Waals surface area contributed by atoms with Gasteiger partial charge < -0.3 is 4.74 Å². The zero-order valence-electron chi connectivity index (χ0n) is 6.73. The second kappa shape index (κ2) is 4.09. The molecule has 1 heterocycles. The molecule has 0 aromatic rings. The van der Waals surface area contributed by atoms with Gasteiger partial charge in [0.1, 0.15) is 6.61 Å². The normalized spacial score (nSPS) is 20.2. The molecule has 1 fully saturated rings. The van der Waals surface area contributed by atoms with Gasteiger partial charge in [-0.1, -0.05) is 0 Å². The van der Waals surface area contributed by atoms with Crippen molar-refractivity contribution in [3.8, 4) is 0 Å². The molecule has 2 nitrogen and oxygen atoms in total. The second-order valence-electron chi connectivity index (χ2n) is 2.92. The lowest BCUT2D eigenvalue weighted by Gasteiger charge is -2.15. The van der Waals surface area contributed by atoms with Gasteiger partial charge in [-0.15, -0.1) is 0 Å². The van der Waals surface area contributed by atoms with E-state index in [1.165, 1.54) is 0 Å². The first-order chi connectivity index (χ1) is 5.58. The molecule has 0 aliphatic carbocycles. The number of hydrogen-bond acceptors (Lipinski definition) is 2. The van der Waals surface area contributed by atoms with Crippen LogP contribution in [0.25, 0.3) is 0 Å². The Bertz CT molecular complexity index is 131. The number of halogens is 3. The van der Waals surface area contributed by atoms with Crippen molar-refractivity contribution in [1.29, 1.82) is 0 Å². The molecule has 1 saturated heterocycles. The highest BCUT2D eigenvalue weighted by Gasteiger charge is 2.27. The minimum atomic E-state index is -4.19. The van der Waals surface area contributed by atoms with E-state index in [-0.39, 0.29) is 6.73 Å². The van der Waals surface area contributed by atoms with Gasteiger partial charge in [0.2, 0.25) is 0 Å². The summed E-state index contributed by atoms with van der Waals surface area (Å²) in [5, 5.41) is 0. The Kier molecular flexibility index (Phi) is 3.34. The average Bonchev–Trinajstić information content (AvgIpc) is 2.36. The molecule has 72 valence electrons. The molecule has 0 spiro atoms. The lowest BCUT2D eigenvalue weighted by molar-refractivity contribution is -0.182. The zero-order chi connectivity index (χ0) is 9.03. The van der Waals surface area contributed by atoms with Crippen LogP contribution in [0.2, 0.25) is 0 Å². The van der Waals surface area contributed by atoms with Crippen LogP contribution in [-0.2, 0) is 4.74 Å². The third-order valence-corrected chi connectivity index (χ3v) is 1.74. The molecule has 0 amide bonds. The summed E-state index contributed by atoms with van der Waals surface area (Å²) >= 11 is 0. The summed E-state index contributed by atoms with van der Waals surface area (Å²) in [6.45, 7) is 0.693. The highest BCUT2D eigenvalue weighted by molar-refractivity contribution is 4.62. The molecule has 0 unspecified atom stereocenters. The number of alkyl halides is 3. The topological polar surface area (TPSA) is 12.5 Å².